The number of aliphatic carboxylic acids is 1. The van der Waals surface area contributed by atoms with Crippen molar-refractivity contribution >= 4 is 11.9 Å². The fourth-order valence-corrected chi connectivity index (χ4v) is 1.96. The van der Waals surface area contributed by atoms with Gasteiger partial charge in [0.1, 0.15) is 0 Å². The summed E-state index contributed by atoms with van der Waals surface area (Å²) in [6.45, 7) is 1.91. The predicted octanol–water partition coefficient (Wildman–Crippen LogP) is 3.18. The van der Waals surface area contributed by atoms with Gasteiger partial charge in [-0.15, -0.1) is 0 Å². The summed E-state index contributed by atoms with van der Waals surface area (Å²) in [5.41, 5.74) is -0.297. The van der Waals surface area contributed by atoms with E-state index in [-0.39, 0.29) is 31.2 Å². The van der Waals surface area contributed by atoms with E-state index in [0.717, 1.165) is 12.1 Å². The van der Waals surface area contributed by atoms with Gasteiger partial charge in [-0.05, 0) is 24.0 Å². The molecule has 1 amide bonds. The molecule has 0 saturated heterocycles. The fourth-order valence-electron chi connectivity index (χ4n) is 1.96. The Morgan fingerprint density at radius 2 is 2.00 bits per heavy atom. The molecule has 7 heteroatoms. The van der Waals surface area contributed by atoms with E-state index in [9.17, 15) is 22.8 Å². The van der Waals surface area contributed by atoms with Crippen LogP contribution in [0, 0.1) is 0 Å². The molecule has 0 fully saturated rings. The van der Waals surface area contributed by atoms with Crippen LogP contribution >= 0.6 is 0 Å². The van der Waals surface area contributed by atoms with Crippen LogP contribution < -0.4 is 5.32 Å². The summed E-state index contributed by atoms with van der Waals surface area (Å²) in [5, 5.41) is 11.0. The maximum atomic E-state index is 12.6. The molecule has 0 aliphatic carbocycles. The minimum atomic E-state index is -4.41. The molecule has 1 unspecified atom stereocenters. The monoisotopic (exact) mass is 317 g/mol. The quantitative estimate of drug-likeness (QED) is 0.759. The Morgan fingerprint density at radius 3 is 2.59 bits per heavy atom. The molecule has 0 aromatic heterocycles. The summed E-state index contributed by atoms with van der Waals surface area (Å²) in [4.78, 5) is 22.0. The van der Waals surface area contributed by atoms with Crippen LogP contribution in [0.5, 0.6) is 0 Å². The first-order chi connectivity index (χ1) is 10.2. The molecule has 0 spiro atoms. The second-order valence-electron chi connectivity index (χ2n) is 5.08. The minimum absolute atomic E-state index is 0.0382. The van der Waals surface area contributed by atoms with Crippen LogP contribution in [0.3, 0.4) is 0 Å². The molecule has 122 valence electrons. The molecule has 1 atom stereocenters. The van der Waals surface area contributed by atoms with E-state index in [1.165, 1.54) is 6.07 Å². The number of alkyl halides is 3. The van der Waals surface area contributed by atoms with E-state index in [0.29, 0.717) is 12.0 Å². The van der Waals surface area contributed by atoms with Gasteiger partial charge in [0.05, 0.1) is 5.56 Å². The Bertz CT molecular complexity index is 529. The van der Waals surface area contributed by atoms with Crippen molar-refractivity contribution in [2.75, 3.05) is 6.54 Å². The predicted molar refractivity (Wildman–Crippen MR) is 74.4 cm³/mol. The number of nitrogens with one attached hydrogen (secondary N) is 1. The SMILES string of the molecule is CC(CC(=O)NCCCC(=O)O)c1cccc(C(F)(F)F)c1. The third kappa shape index (κ3) is 6.15. The van der Waals surface area contributed by atoms with Crippen molar-refractivity contribution in [2.45, 2.75) is 38.3 Å². The fraction of sp³-hybridized carbons (Fsp3) is 0.467. The summed E-state index contributed by atoms with van der Waals surface area (Å²) in [5.74, 6) is -1.61. The number of carboxylic acid groups (broad SMARTS) is 1. The highest BCUT2D eigenvalue weighted by Gasteiger charge is 2.30. The van der Waals surface area contributed by atoms with Crippen LogP contribution in [0.1, 0.15) is 43.2 Å². The number of amides is 1. The average Bonchev–Trinajstić information content (AvgIpc) is 2.42. The summed E-state index contributed by atoms with van der Waals surface area (Å²) in [6, 6.07) is 4.90. The van der Waals surface area contributed by atoms with Gasteiger partial charge in [-0.25, -0.2) is 0 Å². The summed E-state index contributed by atoms with van der Waals surface area (Å²) in [6.07, 6.45) is -4.08. The van der Waals surface area contributed by atoms with E-state index >= 15 is 0 Å². The summed E-state index contributed by atoms with van der Waals surface area (Å²) in [7, 11) is 0. The molecule has 0 bridgehead atoms. The van der Waals surface area contributed by atoms with Crippen LogP contribution in [-0.4, -0.2) is 23.5 Å². The van der Waals surface area contributed by atoms with E-state index in [1.54, 1.807) is 13.0 Å². The zero-order chi connectivity index (χ0) is 16.8. The number of hydrogen-bond donors (Lipinski definition) is 2. The van der Waals surface area contributed by atoms with E-state index in [1.807, 2.05) is 0 Å². The van der Waals surface area contributed by atoms with Gasteiger partial charge in [-0.2, -0.15) is 13.2 Å². The molecule has 0 radical (unpaired) electrons. The van der Waals surface area contributed by atoms with Gasteiger partial charge in [0, 0.05) is 19.4 Å². The van der Waals surface area contributed by atoms with Crippen molar-refractivity contribution in [3.63, 3.8) is 0 Å². The van der Waals surface area contributed by atoms with E-state index in [2.05, 4.69) is 5.32 Å². The lowest BCUT2D eigenvalue weighted by Gasteiger charge is -2.14. The number of rotatable bonds is 7. The highest BCUT2D eigenvalue weighted by atomic mass is 19.4. The molecular weight excluding hydrogens is 299 g/mol. The van der Waals surface area contributed by atoms with Crippen molar-refractivity contribution in [2.24, 2.45) is 0 Å². The number of carbonyl (C=O) groups excluding carboxylic acids is 1. The van der Waals surface area contributed by atoms with Crippen molar-refractivity contribution in [1.82, 2.24) is 5.32 Å². The highest BCUT2D eigenvalue weighted by molar-refractivity contribution is 5.76. The van der Waals surface area contributed by atoms with Crippen LogP contribution in [0.25, 0.3) is 0 Å². The van der Waals surface area contributed by atoms with Crippen LogP contribution in [0.2, 0.25) is 0 Å². The molecular formula is C15H18F3NO3. The molecule has 22 heavy (non-hydrogen) atoms. The van der Waals surface area contributed by atoms with Gasteiger partial charge in [0.2, 0.25) is 5.91 Å². The van der Waals surface area contributed by atoms with Crippen molar-refractivity contribution in [3.05, 3.63) is 35.4 Å². The van der Waals surface area contributed by atoms with Gasteiger partial charge in [0.15, 0.2) is 0 Å². The lowest BCUT2D eigenvalue weighted by atomic mass is 9.95. The summed E-state index contributed by atoms with van der Waals surface area (Å²) >= 11 is 0. The maximum Gasteiger partial charge on any atom is 0.416 e. The van der Waals surface area contributed by atoms with Crippen LogP contribution in [0.15, 0.2) is 24.3 Å². The van der Waals surface area contributed by atoms with E-state index < -0.39 is 17.7 Å². The third-order valence-electron chi connectivity index (χ3n) is 3.16. The lowest BCUT2D eigenvalue weighted by Crippen LogP contribution is -2.26. The second-order valence-corrected chi connectivity index (χ2v) is 5.08. The zero-order valence-electron chi connectivity index (χ0n) is 12.1. The average molecular weight is 317 g/mol. The standard InChI is InChI=1S/C15H18F3NO3/c1-10(8-13(20)19-7-3-6-14(21)22)11-4-2-5-12(9-11)15(16,17)18/h2,4-5,9-10H,3,6-8H2,1H3,(H,19,20)(H,21,22). The van der Waals surface area contributed by atoms with Gasteiger partial charge in [-0.3, -0.25) is 9.59 Å². The molecule has 0 saturated carbocycles. The highest BCUT2D eigenvalue weighted by Crippen LogP contribution is 2.31. The largest absolute Gasteiger partial charge is 0.481 e. The Balaban J connectivity index is 2.52. The Hall–Kier alpha value is -2.05. The molecule has 0 aliphatic heterocycles. The van der Waals surface area contributed by atoms with Gasteiger partial charge >= 0.3 is 12.1 Å². The second kappa shape index (κ2) is 7.82. The molecule has 4 nitrogen and oxygen atoms in total. The first kappa shape index (κ1) is 18.0. The summed E-state index contributed by atoms with van der Waals surface area (Å²) < 4.78 is 37.9. The molecule has 1 aromatic rings. The number of benzene rings is 1. The van der Waals surface area contributed by atoms with Crippen LogP contribution in [-0.2, 0) is 15.8 Å². The van der Waals surface area contributed by atoms with Gasteiger partial charge < -0.3 is 10.4 Å². The number of carboxylic acids is 1. The molecule has 1 aromatic carbocycles. The van der Waals surface area contributed by atoms with Crippen molar-refractivity contribution in [1.29, 1.82) is 0 Å². The Kier molecular flexibility index (Phi) is 6.39. The Morgan fingerprint density at radius 1 is 1.32 bits per heavy atom. The zero-order valence-corrected chi connectivity index (χ0v) is 12.1. The topological polar surface area (TPSA) is 66.4 Å². The van der Waals surface area contributed by atoms with Crippen molar-refractivity contribution in [3.8, 4) is 0 Å². The first-order valence-corrected chi connectivity index (χ1v) is 6.86. The maximum absolute atomic E-state index is 12.6. The molecule has 1 rings (SSSR count). The van der Waals surface area contributed by atoms with E-state index in [4.69, 9.17) is 5.11 Å². The normalized spacial score (nSPS) is 12.7. The Labute approximate surface area is 126 Å². The molecule has 0 aliphatic rings. The minimum Gasteiger partial charge on any atom is -0.481 e. The smallest absolute Gasteiger partial charge is 0.416 e. The first-order valence-electron chi connectivity index (χ1n) is 6.86. The van der Waals surface area contributed by atoms with Crippen molar-refractivity contribution < 1.29 is 27.9 Å². The molecule has 2 N–H and O–H groups in total. The van der Waals surface area contributed by atoms with Gasteiger partial charge in [0.25, 0.3) is 0 Å². The molecule has 0 heterocycles. The third-order valence-corrected chi connectivity index (χ3v) is 3.16. The van der Waals surface area contributed by atoms with Gasteiger partial charge in [-0.1, -0.05) is 25.1 Å². The number of carbonyl (C=O) groups is 2. The van der Waals surface area contributed by atoms with Crippen LogP contribution in [0.4, 0.5) is 13.2 Å². The lowest BCUT2D eigenvalue weighted by molar-refractivity contribution is -0.138. The number of hydrogen-bond acceptors (Lipinski definition) is 2. The number of halogens is 3.